The molecule has 0 radical (unpaired) electrons. The lowest BCUT2D eigenvalue weighted by atomic mass is 10.2. The number of rotatable bonds is 4. The topological polar surface area (TPSA) is 57.4 Å². The molecule has 0 saturated carbocycles. The number of hydrogen-bond donors (Lipinski definition) is 1. The van der Waals surface area contributed by atoms with Crippen LogP contribution in [0.25, 0.3) is 0 Å². The van der Waals surface area contributed by atoms with E-state index in [-0.39, 0.29) is 0 Å². The number of benzene rings is 1. The highest BCUT2D eigenvalue weighted by molar-refractivity contribution is 6.30. The number of anilines is 2. The zero-order chi connectivity index (χ0) is 14.7. The van der Waals surface area contributed by atoms with Crippen molar-refractivity contribution in [2.24, 2.45) is 0 Å². The van der Waals surface area contributed by atoms with Gasteiger partial charge in [-0.1, -0.05) is 22.8 Å². The first-order valence-electron chi connectivity index (χ1n) is 6.99. The number of nitrogens with one attached hydrogen (secondary N) is 1. The van der Waals surface area contributed by atoms with E-state index < -0.39 is 0 Å². The molecule has 21 heavy (non-hydrogen) atoms. The standard InChI is InChI=1S/C14H18ClN5O/c1-16-10-13-17-18-14(21-13)20-7-5-19(6-8-20)12-4-2-3-11(15)9-12/h2-4,9,16H,5-8,10H2,1H3. The van der Waals surface area contributed by atoms with Crippen molar-refractivity contribution < 1.29 is 4.42 Å². The maximum absolute atomic E-state index is 6.04. The molecule has 0 amide bonds. The second kappa shape index (κ2) is 6.32. The van der Waals surface area contributed by atoms with Gasteiger partial charge in [0, 0.05) is 36.9 Å². The molecule has 6 nitrogen and oxygen atoms in total. The van der Waals surface area contributed by atoms with Crippen molar-refractivity contribution >= 4 is 23.3 Å². The molecule has 1 aromatic carbocycles. The summed E-state index contributed by atoms with van der Waals surface area (Å²) in [6.45, 7) is 4.12. The molecule has 112 valence electrons. The van der Waals surface area contributed by atoms with Crippen molar-refractivity contribution in [1.29, 1.82) is 0 Å². The van der Waals surface area contributed by atoms with Crippen molar-refractivity contribution in [3.63, 3.8) is 0 Å². The van der Waals surface area contributed by atoms with E-state index in [1.54, 1.807) is 0 Å². The van der Waals surface area contributed by atoms with Crippen LogP contribution < -0.4 is 15.1 Å². The lowest BCUT2D eigenvalue weighted by Crippen LogP contribution is -2.46. The zero-order valence-electron chi connectivity index (χ0n) is 11.9. The minimum absolute atomic E-state index is 0.593. The predicted molar refractivity (Wildman–Crippen MR) is 82.9 cm³/mol. The van der Waals surface area contributed by atoms with Crippen LogP contribution >= 0.6 is 11.6 Å². The monoisotopic (exact) mass is 307 g/mol. The molecule has 1 N–H and O–H groups in total. The average Bonchev–Trinajstić information content (AvgIpc) is 2.97. The fraction of sp³-hybridized carbons (Fsp3) is 0.429. The first-order chi connectivity index (χ1) is 10.3. The molecule has 0 atom stereocenters. The van der Waals surface area contributed by atoms with Crippen molar-refractivity contribution in [3.05, 3.63) is 35.2 Å². The van der Waals surface area contributed by atoms with Gasteiger partial charge in [-0.2, -0.15) is 0 Å². The number of halogens is 1. The summed E-state index contributed by atoms with van der Waals surface area (Å²) < 4.78 is 5.63. The predicted octanol–water partition coefficient (Wildman–Crippen LogP) is 1.77. The Hall–Kier alpha value is -1.79. The molecule has 1 aromatic heterocycles. The Morgan fingerprint density at radius 2 is 1.95 bits per heavy atom. The molecule has 3 rings (SSSR count). The summed E-state index contributed by atoms with van der Waals surface area (Å²) in [7, 11) is 1.85. The highest BCUT2D eigenvalue weighted by atomic mass is 35.5. The molecule has 7 heteroatoms. The summed E-state index contributed by atoms with van der Waals surface area (Å²) in [4.78, 5) is 4.43. The van der Waals surface area contributed by atoms with Crippen LogP contribution in [0.4, 0.5) is 11.7 Å². The third kappa shape index (κ3) is 3.28. The number of hydrogen-bond acceptors (Lipinski definition) is 6. The van der Waals surface area contributed by atoms with Crippen molar-refractivity contribution in [2.45, 2.75) is 6.54 Å². The Morgan fingerprint density at radius 3 is 2.67 bits per heavy atom. The quantitative estimate of drug-likeness (QED) is 0.929. The summed E-state index contributed by atoms with van der Waals surface area (Å²) in [5.41, 5.74) is 1.16. The van der Waals surface area contributed by atoms with Gasteiger partial charge >= 0.3 is 6.01 Å². The van der Waals surface area contributed by atoms with Crippen LogP contribution in [-0.2, 0) is 6.54 Å². The first-order valence-corrected chi connectivity index (χ1v) is 7.36. The summed E-state index contributed by atoms with van der Waals surface area (Å²) in [5.74, 6) is 0.616. The summed E-state index contributed by atoms with van der Waals surface area (Å²) in [6.07, 6.45) is 0. The molecule has 0 bridgehead atoms. The Bertz CT molecular complexity index is 595. The van der Waals surface area contributed by atoms with Gasteiger partial charge in [-0.25, -0.2) is 0 Å². The number of aromatic nitrogens is 2. The molecule has 0 aliphatic carbocycles. The molecule has 2 heterocycles. The van der Waals surface area contributed by atoms with Crippen molar-refractivity contribution in [2.75, 3.05) is 43.0 Å². The van der Waals surface area contributed by atoms with Gasteiger partial charge in [0.1, 0.15) is 0 Å². The fourth-order valence-corrected chi connectivity index (χ4v) is 2.61. The van der Waals surface area contributed by atoms with E-state index in [0.29, 0.717) is 18.5 Å². The lowest BCUT2D eigenvalue weighted by Gasteiger charge is -2.35. The Morgan fingerprint density at radius 1 is 1.19 bits per heavy atom. The first kappa shape index (κ1) is 14.2. The van der Waals surface area contributed by atoms with Crippen LogP contribution in [0.1, 0.15) is 5.89 Å². The normalized spacial score (nSPS) is 15.5. The van der Waals surface area contributed by atoms with Crippen LogP contribution in [0.2, 0.25) is 5.02 Å². The average molecular weight is 308 g/mol. The molecule has 1 aliphatic heterocycles. The van der Waals surface area contributed by atoms with Gasteiger partial charge in [0.25, 0.3) is 0 Å². The van der Waals surface area contributed by atoms with E-state index in [2.05, 4.69) is 31.4 Å². The Labute approximate surface area is 128 Å². The summed E-state index contributed by atoms with van der Waals surface area (Å²) in [5, 5.41) is 11.9. The molecule has 1 saturated heterocycles. The fourth-order valence-electron chi connectivity index (χ4n) is 2.42. The molecule has 0 unspecified atom stereocenters. The van der Waals surface area contributed by atoms with E-state index in [1.807, 2.05) is 25.2 Å². The van der Waals surface area contributed by atoms with Crippen LogP contribution in [0, 0.1) is 0 Å². The molecule has 2 aromatic rings. The molecule has 1 fully saturated rings. The number of piperazine rings is 1. The molecule has 0 spiro atoms. The van der Waals surface area contributed by atoms with E-state index in [1.165, 1.54) is 0 Å². The third-order valence-corrected chi connectivity index (χ3v) is 3.74. The second-order valence-corrected chi connectivity index (χ2v) is 5.40. The van der Waals surface area contributed by atoms with Gasteiger partial charge in [0.15, 0.2) is 0 Å². The van der Waals surface area contributed by atoms with Gasteiger partial charge in [-0.3, -0.25) is 0 Å². The highest BCUT2D eigenvalue weighted by Gasteiger charge is 2.21. The van der Waals surface area contributed by atoms with E-state index in [4.69, 9.17) is 16.0 Å². The van der Waals surface area contributed by atoms with Gasteiger partial charge in [-0.05, 0) is 25.2 Å². The highest BCUT2D eigenvalue weighted by Crippen LogP contribution is 2.22. The SMILES string of the molecule is CNCc1nnc(N2CCN(c3cccc(Cl)c3)CC2)o1. The molecular weight excluding hydrogens is 290 g/mol. The van der Waals surface area contributed by atoms with Crippen LogP contribution in [0.3, 0.4) is 0 Å². The Kier molecular flexibility index (Phi) is 4.26. The van der Waals surface area contributed by atoms with Gasteiger partial charge in [0.05, 0.1) is 6.54 Å². The van der Waals surface area contributed by atoms with Crippen molar-refractivity contribution in [1.82, 2.24) is 15.5 Å². The minimum Gasteiger partial charge on any atom is -0.407 e. The van der Waals surface area contributed by atoms with Crippen LogP contribution in [0.5, 0.6) is 0 Å². The van der Waals surface area contributed by atoms with Gasteiger partial charge in [-0.15, -0.1) is 5.10 Å². The van der Waals surface area contributed by atoms with E-state index >= 15 is 0 Å². The lowest BCUT2D eigenvalue weighted by molar-refractivity contribution is 0.463. The van der Waals surface area contributed by atoms with Crippen LogP contribution in [0.15, 0.2) is 28.7 Å². The largest absolute Gasteiger partial charge is 0.407 e. The van der Waals surface area contributed by atoms with E-state index in [9.17, 15) is 0 Å². The van der Waals surface area contributed by atoms with Gasteiger partial charge < -0.3 is 19.5 Å². The maximum atomic E-state index is 6.04. The van der Waals surface area contributed by atoms with Crippen molar-refractivity contribution in [3.8, 4) is 0 Å². The third-order valence-electron chi connectivity index (χ3n) is 3.51. The molecule has 1 aliphatic rings. The second-order valence-electron chi connectivity index (χ2n) is 4.96. The maximum Gasteiger partial charge on any atom is 0.318 e. The minimum atomic E-state index is 0.593. The summed E-state index contributed by atoms with van der Waals surface area (Å²) >= 11 is 6.04. The zero-order valence-corrected chi connectivity index (χ0v) is 12.7. The van der Waals surface area contributed by atoms with Gasteiger partial charge in [0.2, 0.25) is 5.89 Å². The van der Waals surface area contributed by atoms with Crippen LogP contribution in [-0.4, -0.2) is 43.4 Å². The number of nitrogens with zero attached hydrogens (tertiary/aromatic N) is 4. The smallest absolute Gasteiger partial charge is 0.318 e. The molecular formula is C14H18ClN5O. The summed E-state index contributed by atoms with van der Waals surface area (Å²) in [6, 6.07) is 8.55. The Balaban J connectivity index is 1.61. The van der Waals surface area contributed by atoms with E-state index in [0.717, 1.165) is 36.9 Å².